The second-order valence-electron chi connectivity index (χ2n) is 3.40. The number of aryl methyl sites for hydroxylation is 1. The molecule has 2 nitrogen and oxygen atoms in total. The molecule has 0 aromatic heterocycles. The van der Waals surface area contributed by atoms with E-state index in [1.54, 1.807) is 0 Å². The van der Waals surface area contributed by atoms with Crippen LogP contribution in [-0.2, 0) is 4.84 Å². The van der Waals surface area contributed by atoms with Crippen LogP contribution in [0.2, 0.25) is 0 Å². The molecule has 0 saturated heterocycles. The highest BCUT2D eigenvalue weighted by Crippen LogP contribution is 2.02. The van der Waals surface area contributed by atoms with E-state index >= 15 is 0 Å². The average Bonchev–Trinajstić information content (AvgIpc) is 2.17. The van der Waals surface area contributed by atoms with Crippen molar-refractivity contribution in [3.05, 3.63) is 35.4 Å². The van der Waals surface area contributed by atoms with Crippen molar-refractivity contribution in [2.75, 3.05) is 0 Å². The Labute approximate surface area is 85.6 Å². The molecule has 1 aromatic rings. The zero-order valence-electron chi connectivity index (χ0n) is 8.95. The van der Waals surface area contributed by atoms with Crippen LogP contribution < -0.4 is 0 Å². The lowest BCUT2D eigenvalue weighted by molar-refractivity contribution is 0.0712. The van der Waals surface area contributed by atoms with Crippen LogP contribution in [0.1, 0.15) is 31.4 Å². The molecule has 75 valence electrons. The minimum atomic E-state index is 0.160. The van der Waals surface area contributed by atoms with Gasteiger partial charge in [-0.2, -0.15) is 0 Å². The number of rotatable bonds is 4. The Hall–Kier alpha value is -1.31. The van der Waals surface area contributed by atoms with E-state index in [0.29, 0.717) is 0 Å². The number of nitrogens with zero attached hydrogens (tertiary/aromatic N) is 1. The fourth-order valence-corrected chi connectivity index (χ4v) is 0.958. The van der Waals surface area contributed by atoms with Crippen molar-refractivity contribution in [2.24, 2.45) is 5.16 Å². The summed E-state index contributed by atoms with van der Waals surface area (Å²) in [4.78, 5) is 5.15. The maximum atomic E-state index is 5.15. The first-order valence-electron chi connectivity index (χ1n) is 4.91. The van der Waals surface area contributed by atoms with E-state index in [2.05, 4.69) is 18.3 Å². The molecule has 1 aromatic carbocycles. The second-order valence-corrected chi connectivity index (χ2v) is 3.40. The van der Waals surface area contributed by atoms with Crippen LogP contribution in [0.15, 0.2) is 29.4 Å². The Morgan fingerprint density at radius 3 is 2.93 bits per heavy atom. The zero-order chi connectivity index (χ0) is 10.4. The molecule has 0 heterocycles. The molecule has 0 saturated carbocycles. The first kappa shape index (κ1) is 10.8. The van der Waals surface area contributed by atoms with Crippen LogP contribution in [0.5, 0.6) is 0 Å². The molecule has 0 amide bonds. The highest BCUT2D eigenvalue weighted by Gasteiger charge is 1.95. The molecule has 1 atom stereocenters. The molecule has 0 spiro atoms. The van der Waals surface area contributed by atoms with E-state index < -0.39 is 0 Å². The van der Waals surface area contributed by atoms with Crippen LogP contribution in [0.3, 0.4) is 0 Å². The molecule has 0 aliphatic heterocycles. The third kappa shape index (κ3) is 3.60. The van der Waals surface area contributed by atoms with E-state index in [0.717, 1.165) is 12.0 Å². The van der Waals surface area contributed by atoms with Crippen molar-refractivity contribution >= 4 is 6.21 Å². The first-order chi connectivity index (χ1) is 6.72. The molecular weight excluding hydrogens is 174 g/mol. The summed E-state index contributed by atoms with van der Waals surface area (Å²) in [6, 6.07) is 8.00. The van der Waals surface area contributed by atoms with E-state index in [9.17, 15) is 0 Å². The number of hydrogen-bond acceptors (Lipinski definition) is 2. The summed E-state index contributed by atoms with van der Waals surface area (Å²) in [6.07, 6.45) is 3.97. The van der Waals surface area contributed by atoms with Gasteiger partial charge in [0, 0.05) is 5.56 Å². The van der Waals surface area contributed by atoms with Gasteiger partial charge in [-0.25, -0.2) is 0 Å². The van der Waals surface area contributed by atoms with Crippen molar-refractivity contribution in [1.29, 1.82) is 0 Å². The third-order valence-corrected chi connectivity index (χ3v) is 2.00. The normalized spacial score (nSPS) is 13.1. The zero-order valence-corrected chi connectivity index (χ0v) is 8.95. The Bertz CT molecular complexity index is 307. The van der Waals surface area contributed by atoms with Crippen LogP contribution >= 0.6 is 0 Å². The predicted molar refractivity (Wildman–Crippen MR) is 58.6 cm³/mol. The molecule has 1 unspecified atom stereocenters. The van der Waals surface area contributed by atoms with Gasteiger partial charge in [0.2, 0.25) is 0 Å². The number of benzene rings is 1. The minimum Gasteiger partial charge on any atom is -0.392 e. The second kappa shape index (κ2) is 5.43. The van der Waals surface area contributed by atoms with Crippen LogP contribution in [-0.4, -0.2) is 12.3 Å². The molecule has 0 fully saturated rings. The topological polar surface area (TPSA) is 21.6 Å². The van der Waals surface area contributed by atoms with Gasteiger partial charge in [-0.05, 0) is 26.3 Å². The van der Waals surface area contributed by atoms with E-state index in [4.69, 9.17) is 4.84 Å². The highest BCUT2D eigenvalue weighted by atomic mass is 16.6. The first-order valence-corrected chi connectivity index (χ1v) is 4.91. The third-order valence-electron chi connectivity index (χ3n) is 2.00. The van der Waals surface area contributed by atoms with Crippen LogP contribution in [0.4, 0.5) is 0 Å². The molecule has 0 aliphatic rings. The summed E-state index contributed by atoms with van der Waals surface area (Å²) >= 11 is 0. The Balaban J connectivity index is 2.51. The largest absolute Gasteiger partial charge is 0.392 e. The molecule has 14 heavy (non-hydrogen) atoms. The Morgan fingerprint density at radius 2 is 2.29 bits per heavy atom. The standard InChI is InChI=1S/C12H16NO/c1-4-11(3)14-13-9-12-7-5-6-10(2)8-12/h5-8,11H,4H2,1-3H3. The maximum Gasteiger partial charge on any atom is 0.139 e. The molecular formula is C12H16NO. The monoisotopic (exact) mass is 190 g/mol. The van der Waals surface area contributed by atoms with Gasteiger partial charge in [0.15, 0.2) is 0 Å². The average molecular weight is 190 g/mol. The van der Waals surface area contributed by atoms with E-state index in [1.165, 1.54) is 5.56 Å². The minimum absolute atomic E-state index is 0.160. The SMILES string of the molecule is CCC(C)O/N=[C]/c1cccc(C)c1. The van der Waals surface area contributed by atoms with Gasteiger partial charge in [0.25, 0.3) is 0 Å². The summed E-state index contributed by atoms with van der Waals surface area (Å²) in [5.74, 6) is 0. The van der Waals surface area contributed by atoms with Gasteiger partial charge in [0.05, 0.1) is 0 Å². The van der Waals surface area contributed by atoms with Crippen LogP contribution in [0, 0.1) is 6.92 Å². The van der Waals surface area contributed by atoms with Crippen molar-refractivity contribution in [2.45, 2.75) is 33.3 Å². The van der Waals surface area contributed by atoms with Gasteiger partial charge >= 0.3 is 0 Å². The maximum absolute atomic E-state index is 5.15. The summed E-state index contributed by atoms with van der Waals surface area (Å²) in [7, 11) is 0. The molecule has 2 heteroatoms. The van der Waals surface area contributed by atoms with Gasteiger partial charge in [-0.3, -0.25) is 0 Å². The van der Waals surface area contributed by atoms with Gasteiger partial charge < -0.3 is 4.84 Å². The Kier molecular flexibility index (Phi) is 4.17. The number of hydrogen-bond donors (Lipinski definition) is 0. The van der Waals surface area contributed by atoms with Crippen molar-refractivity contribution in [1.82, 2.24) is 0 Å². The molecule has 1 rings (SSSR count). The summed E-state index contributed by atoms with van der Waals surface area (Å²) in [5.41, 5.74) is 2.15. The van der Waals surface area contributed by atoms with Gasteiger partial charge in [-0.1, -0.05) is 35.8 Å². The van der Waals surface area contributed by atoms with Gasteiger partial charge in [0.1, 0.15) is 12.3 Å². The van der Waals surface area contributed by atoms with Crippen molar-refractivity contribution in [3.63, 3.8) is 0 Å². The summed E-state index contributed by atoms with van der Waals surface area (Å²) in [6.45, 7) is 6.09. The van der Waals surface area contributed by atoms with Crippen molar-refractivity contribution in [3.8, 4) is 0 Å². The fourth-order valence-electron chi connectivity index (χ4n) is 0.958. The smallest absolute Gasteiger partial charge is 0.139 e. The van der Waals surface area contributed by atoms with Crippen molar-refractivity contribution < 1.29 is 4.84 Å². The Morgan fingerprint density at radius 1 is 1.50 bits per heavy atom. The van der Waals surface area contributed by atoms with Gasteiger partial charge in [-0.15, -0.1) is 0 Å². The quantitative estimate of drug-likeness (QED) is 0.528. The summed E-state index contributed by atoms with van der Waals surface area (Å²) in [5, 5.41) is 3.80. The molecule has 0 aliphatic carbocycles. The lowest BCUT2D eigenvalue weighted by Crippen LogP contribution is -2.01. The lowest BCUT2D eigenvalue weighted by Gasteiger charge is -2.04. The molecule has 0 bridgehead atoms. The molecule has 1 radical (unpaired) electrons. The van der Waals surface area contributed by atoms with E-state index in [1.807, 2.05) is 38.1 Å². The summed E-state index contributed by atoms with van der Waals surface area (Å²) < 4.78 is 0. The van der Waals surface area contributed by atoms with Crippen LogP contribution in [0.25, 0.3) is 0 Å². The highest BCUT2D eigenvalue weighted by molar-refractivity contribution is 5.79. The fraction of sp³-hybridized carbons (Fsp3) is 0.417. The molecule has 0 N–H and O–H groups in total. The predicted octanol–water partition coefficient (Wildman–Crippen LogP) is 3.02. The van der Waals surface area contributed by atoms with E-state index in [-0.39, 0.29) is 6.10 Å². The lowest BCUT2D eigenvalue weighted by atomic mass is 10.2.